The molecule has 34 heavy (non-hydrogen) atoms. The van der Waals surface area contributed by atoms with Crippen LogP contribution in [0.5, 0.6) is 0 Å². The van der Waals surface area contributed by atoms with Gasteiger partial charge in [-0.05, 0) is 60.6 Å². The summed E-state index contributed by atoms with van der Waals surface area (Å²) in [6.45, 7) is 7.72. The van der Waals surface area contributed by atoms with Crippen molar-refractivity contribution >= 4 is 33.0 Å². The largest absolute Gasteiger partial charge is 0.370 e. The fraction of sp³-hybridized carbons (Fsp3) is 0.481. The van der Waals surface area contributed by atoms with Gasteiger partial charge in [0.25, 0.3) is 10.0 Å². The maximum absolute atomic E-state index is 13.8. The quantitative estimate of drug-likeness (QED) is 0.537. The number of ketones is 2. The van der Waals surface area contributed by atoms with Gasteiger partial charge in [-0.2, -0.15) is 0 Å². The first kappa shape index (κ1) is 24.5. The zero-order chi connectivity index (χ0) is 24.5. The van der Waals surface area contributed by atoms with Gasteiger partial charge in [-0.1, -0.05) is 32.9 Å². The Kier molecular flexibility index (Phi) is 7.12. The van der Waals surface area contributed by atoms with E-state index in [0.29, 0.717) is 55.3 Å². The van der Waals surface area contributed by atoms with Crippen molar-refractivity contribution in [1.29, 1.82) is 0 Å². The molecule has 4 rings (SSSR count). The number of benzene rings is 2. The molecule has 0 amide bonds. The molecule has 1 fully saturated rings. The van der Waals surface area contributed by atoms with Crippen LogP contribution in [0.4, 0.5) is 11.4 Å². The van der Waals surface area contributed by atoms with E-state index in [0.717, 1.165) is 30.6 Å². The van der Waals surface area contributed by atoms with Crippen LogP contribution >= 0.6 is 0 Å². The number of fused-ring (bicyclic) bond motifs is 1. The van der Waals surface area contributed by atoms with Crippen molar-refractivity contribution in [2.45, 2.75) is 57.8 Å². The number of anilines is 2. The highest BCUT2D eigenvalue weighted by Gasteiger charge is 2.32. The van der Waals surface area contributed by atoms with Gasteiger partial charge in [-0.3, -0.25) is 13.9 Å². The Morgan fingerprint density at radius 2 is 1.79 bits per heavy atom. The molecule has 0 N–H and O–H groups in total. The molecule has 1 saturated carbocycles. The Morgan fingerprint density at radius 3 is 2.41 bits per heavy atom. The molecular weight excluding hydrogens is 448 g/mol. The van der Waals surface area contributed by atoms with Crippen molar-refractivity contribution in [3.8, 4) is 0 Å². The molecule has 1 heterocycles. The van der Waals surface area contributed by atoms with Gasteiger partial charge in [0.05, 0.1) is 10.6 Å². The van der Waals surface area contributed by atoms with E-state index in [-0.39, 0.29) is 16.6 Å². The van der Waals surface area contributed by atoms with Crippen molar-refractivity contribution in [1.82, 2.24) is 0 Å². The molecule has 182 valence electrons. The van der Waals surface area contributed by atoms with Crippen LogP contribution in [0.1, 0.15) is 62.4 Å². The molecular formula is C27H34N2O4S. The lowest BCUT2D eigenvalue weighted by atomic mass is 9.98. The number of carbonyl (C=O) groups excluding carboxylic acids is 2. The molecule has 1 aliphatic heterocycles. The first-order chi connectivity index (χ1) is 16.2. The van der Waals surface area contributed by atoms with Crippen LogP contribution in [0.25, 0.3) is 0 Å². The molecule has 2 aliphatic rings. The maximum atomic E-state index is 13.8. The summed E-state index contributed by atoms with van der Waals surface area (Å²) in [5.41, 5.74) is 3.01. The first-order valence-corrected chi connectivity index (χ1v) is 13.7. The van der Waals surface area contributed by atoms with E-state index in [4.69, 9.17) is 0 Å². The van der Waals surface area contributed by atoms with Crippen LogP contribution in [0, 0.1) is 11.8 Å². The van der Waals surface area contributed by atoms with Crippen LogP contribution in [0.15, 0.2) is 47.4 Å². The lowest BCUT2D eigenvalue weighted by Gasteiger charge is -2.33. The highest BCUT2D eigenvalue weighted by molar-refractivity contribution is 7.92. The number of hydrogen-bond donors (Lipinski definition) is 0. The topological polar surface area (TPSA) is 74.8 Å². The second kappa shape index (κ2) is 9.90. The zero-order valence-electron chi connectivity index (χ0n) is 20.3. The average molecular weight is 483 g/mol. The highest BCUT2D eigenvalue weighted by atomic mass is 32.2. The van der Waals surface area contributed by atoms with Crippen molar-refractivity contribution in [2.24, 2.45) is 11.8 Å². The van der Waals surface area contributed by atoms with Gasteiger partial charge in [0.1, 0.15) is 5.78 Å². The molecule has 6 nitrogen and oxygen atoms in total. The molecule has 2 aromatic rings. The number of aryl methyl sites for hydroxylation is 1. The van der Waals surface area contributed by atoms with Gasteiger partial charge < -0.3 is 4.90 Å². The summed E-state index contributed by atoms with van der Waals surface area (Å²) in [6, 6.07) is 12.6. The fourth-order valence-electron chi connectivity index (χ4n) is 4.91. The summed E-state index contributed by atoms with van der Waals surface area (Å²) in [7, 11) is -3.85. The van der Waals surface area contributed by atoms with Gasteiger partial charge in [-0.25, -0.2) is 8.42 Å². The minimum Gasteiger partial charge on any atom is -0.370 e. The summed E-state index contributed by atoms with van der Waals surface area (Å²) in [6.07, 6.45) is 3.34. The predicted molar refractivity (Wildman–Crippen MR) is 135 cm³/mol. The van der Waals surface area contributed by atoms with Gasteiger partial charge >= 0.3 is 0 Å². The van der Waals surface area contributed by atoms with Crippen molar-refractivity contribution in [3.05, 3.63) is 53.6 Å². The average Bonchev–Trinajstić information content (AvgIpc) is 3.23. The molecule has 2 aromatic carbocycles. The molecule has 0 spiro atoms. The number of rotatable bonds is 8. The zero-order valence-corrected chi connectivity index (χ0v) is 21.1. The molecule has 0 aromatic heterocycles. The molecule has 0 saturated heterocycles. The van der Waals surface area contributed by atoms with Gasteiger partial charge in [0.2, 0.25) is 0 Å². The van der Waals surface area contributed by atoms with E-state index in [2.05, 4.69) is 11.8 Å². The van der Waals surface area contributed by atoms with Gasteiger partial charge in [-0.15, -0.1) is 0 Å². The maximum Gasteiger partial charge on any atom is 0.264 e. The number of sulfonamides is 1. The molecule has 1 atom stereocenters. The van der Waals surface area contributed by atoms with Crippen molar-refractivity contribution in [2.75, 3.05) is 28.8 Å². The standard InChI is InChI=1S/C27H34N2O4S/c1-4-20-5-8-22(9-6-20)29(17-19(2)3)34(32,33)24-11-12-26-25(16-24)27(31)13-14-28(26)18-21-7-10-23(30)15-21/h5-6,8-9,11-12,16,19,21H,4,7,10,13-15,17-18H2,1-3H3. The summed E-state index contributed by atoms with van der Waals surface area (Å²) >= 11 is 0. The van der Waals surface area contributed by atoms with Crippen LogP contribution < -0.4 is 9.21 Å². The second-order valence-corrected chi connectivity index (χ2v) is 11.8. The molecule has 0 radical (unpaired) electrons. The number of carbonyl (C=O) groups is 2. The minimum atomic E-state index is -3.85. The number of hydrogen-bond acceptors (Lipinski definition) is 5. The van der Waals surface area contributed by atoms with Crippen molar-refractivity contribution < 1.29 is 18.0 Å². The Labute approximate surface area is 203 Å². The van der Waals surface area contributed by atoms with Crippen LogP contribution in [-0.4, -0.2) is 39.6 Å². The van der Waals surface area contributed by atoms with E-state index in [1.165, 1.54) is 4.31 Å². The van der Waals surface area contributed by atoms with E-state index in [9.17, 15) is 18.0 Å². The molecule has 1 unspecified atom stereocenters. The van der Waals surface area contributed by atoms with E-state index in [1.807, 2.05) is 38.1 Å². The van der Waals surface area contributed by atoms with Crippen LogP contribution in [-0.2, 0) is 21.2 Å². The summed E-state index contributed by atoms with van der Waals surface area (Å²) in [5, 5.41) is 0. The third kappa shape index (κ3) is 5.04. The van der Waals surface area contributed by atoms with E-state index < -0.39 is 10.0 Å². The van der Waals surface area contributed by atoms with Crippen molar-refractivity contribution in [3.63, 3.8) is 0 Å². The Morgan fingerprint density at radius 1 is 1.06 bits per heavy atom. The normalized spacial score (nSPS) is 18.5. The van der Waals surface area contributed by atoms with Crippen LogP contribution in [0.3, 0.4) is 0 Å². The first-order valence-electron chi connectivity index (χ1n) is 12.2. The summed E-state index contributed by atoms with van der Waals surface area (Å²) in [4.78, 5) is 26.8. The Bertz CT molecular complexity index is 1170. The summed E-state index contributed by atoms with van der Waals surface area (Å²) < 4.78 is 29.0. The fourth-order valence-corrected chi connectivity index (χ4v) is 6.57. The van der Waals surface area contributed by atoms with Crippen LogP contribution in [0.2, 0.25) is 0 Å². The highest BCUT2D eigenvalue weighted by Crippen LogP contribution is 2.34. The SMILES string of the molecule is CCc1ccc(N(CC(C)C)S(=O)(=O)c2ccc3c(c2)C(=O)CCN3CC2CCC(=O)C2)cc1. The summed E-state index contributed by atoms with van der Waals surface area (Å²) in [5.74, 6) is 0.694. The third-order valence-electron chi connectivity index (χ3n) is 6.80. The van der Waals surface area contributed by atoms with E-state index >= 15 is 0 Å². The monoisotopic (exact) mass is 482 g/mol. The Balaban J connectivity index is 1.67. The Hall–Kier alpha value is -2.67. The lowest BCUT2D eigenvalue weighted by molar-refractivity contribution is -0.117. The third-order valence-corrected chi connectivity index (χ3v) is 8.59. The van der Waals surface area contributed by atoms with Gasteiger partial charge in [0.15, 0.2) is 5.78 Å². The number of nitrogens with zero attached hydrogens (tertiary/aromatic N) is 2. The molecule has 0 bridgehead atoms. The predicted octanol–water partition coefficient (Wildman–Crippen LogP) is 4.86. The minimum absolute atomic E-state index is 0.0338. The second-order valence-electron chi connectivity index (χ2n) is 9.90. The lowest BCUT2D eigenvalue weighted by Crippen LogP contribution is -2.37. The number of Topliss-reactive ketones (excluding diaryl/α,β-unsaturated/α-hetero) is 2. The smallest absolute Gasteiger partial charge is 0.264 e. The molecule has 1 aliphatic carbocycles. The van der Waals surface area contributed by atoms with Gasteiger partial charge in [0, 0.05) is 50.1 Å². The van der Waals surface area contributed by atoms with E-state index in [1.54, 1.807) is 18.2 Å². The molecule has 7 heteroatoms.